The second-order valence-electron chi connectivity index (χ2n) is 9.78. The number of nitrogens with one attached hydrogen (secondary N) is 1. The fourth-order valence-electron chi connectivity index (χ4n) is 5.04. The lowest BCUT2D eigenvalue weighted by Crippen LogP contribution is -2.65. The number of anilines is 1. The van der Waals surface area contributed by atoms with Gasteiger partial charge in [0.1, 0.15) is 12.1 Å². The summed E-state index contributed by atoms with van der Waals surface area (Å²) in [4.78, 5) is 42.2. The van der Waals surface area contributed by atoms with Gasteiger partial charge in [-0.25, -0.2) is 0 Å². The molecule has 3 amide bonds. The molecule has 33 heavy (non-hydrogen) atoms. The van der Waals surface area contributed by atoms with Crippen LogP contribution in [0.15, 0.2) is 48.5 Å². The molecule has 0 spiro atoms. The second kappa shape index (κ2) is 9.38. The third kappa shape index (κ3) is 4.80. The van der Waals surface area contributed by atoms with Gasteiger partial charge in [-0.3, -0.25) is 14.4 Å². The van der Waals surface area contributed by atoms with Crippen LogP contribution in [0.1, 0.15) is 43.9 Å². The summed E-state index contributed by atoms with van der Waals surface area (Å²) in [6.45, 7) is 6.00. The largest absolute Gasteiger partial charge is 0.342 e. The third-order valence-corrected chi connectivity index (χ3v) is 6.90. The van der Waals surface area contributed by atoms with Gasteiger partial charge in [0.05, 0.1) is 0 Å². The molecule has 2 aromatic rings. The minimum absolute atomic E-state index is 0.0108. The number of amides is 3. The number of rotatable bonds is 6. The molecule has 1 aliphatic heterocycles. The SMILES string of the molecule is CC(=O)N(C)c1cccc(CN2C(=O)[C@@H](C3Cc4ccccc4C3)NC(=O)[C@H]2CC(C)C)c1. The van der Waals surface area contributed by atoms with Gasteiger partial charge in [-0.15, -0.1) is 0 Å². The minimum Gasteiger partial charge on any atom is -0.342 e. The number of benzene rings is 2. The number of carbonyl (C=O) groups excluding carboxylic acids is 3. The molecule has 1 saturated heterocycles. The highest BCUT2D eigenvalue weighted by molar-refractivity contribution is 5.97. The molecular formula is C27H33N3O3. The molecule has 174 valence electrons. The number of hydrogen-bond acceptors (Lipinski definition) is 3. The molecule has 0 bridgehead atoms. The predicted molar refractivity (Wildman–Crippen MR) is 129 cm³/mol. The molecule has 0 unspecified atom stereocenters. The standard InChI is InChI=1S/C27H33N3O3/c1-17(2)12-24-26(32)28-25(22-14-20-9-5-6-10-21(20)15-22)27(33)30(24)16-19-8-7-11-23(13-19)29(4)18(3)31/h5-11,13,17,22,24-25H,12,14-16H2,1-4H3,(H,28,32)/t24-,25-/m1/s1. The number of fused-ring (bicyclic) bond motifs is 1. The average Bonchev–Trinajstić information content (AvgIpc) is 3.21. The molecule has 0 saturated carbocycles. The monoisotopic (exact) mass is 447 g/mol. The van der Waals surface area contributed by atoms with Crippen LogP contribution in [0.5, 0.6) is 0 Å². The summed E-state index contributed by atoms with van der Waals surface area (Å²) in [6.07, 6.45) is 2.21. The van der Waals surface area contributed by atoms with Crippen molar-refractivity contribution in [2.75, 3.05) is 11.9 Å². The molecule has 1 heterocycles. The molecule has 1 fully saturated rings. The van der Waals surface area contributed by atoms with Gasteiger partial charge in [-0.2, -0.15) is 0 Å². The van der Waals surface area contributed by atoms with Gasteiger partial charge in [-0.05, 0) is 59.9 Å². The zero-order valence-electron chi connectivity index (χ0n) is 19.9. The van der Waals surface area contributed by atoms with E-state index < -0.39 is 12.1 Å². The minimum atomic E-state index is -0.517. The third-order valence-electron chi connectivity index (χ3n) is 6.90. The van der Waals surface area contributed by atoms with Crippen molar-refractivity contribution in [2.45, 2.75) is 58.7 Å². The van der Waals surface area contributed by atoms with Gasteiger partial charge >= 0.3 is 0 Å². The van der Waals surface area contributed by atoms with Crippen LogP contribution >= 0.6 is 0 Å². The maximum atomic E-state index is 13.8. The lowest BCUT2D eigenvalue weighted by atomic mass is 9.90. The first kappa shape index (κ1) is 23.0. The van der Waals surface area contributed by atoms with Gasteiger partial charge < -0.3 is 15.1 Å². The van der Waals surface area contributed by atoms with E-state index in [2.05, 4.69) is 31.3 Å². The Morgan fingerprint density at radius 2 is 1.76 bits per heavy atom. The highest BCUT2D eigenvalue weighted by atomic mass is 16.2. The van der Waals surface area contributed by atoms with Crippen LogP contribution in [0.4, 0.5) is 5.69 Å². The van der Waals surface area contributed by atoms with E-state index in [4.69, 9.17) is 0 Å². The van der Waals surface area contributed by atoms with E-state index in [9.17, 15) is 14.4 Å². The highest BCUT2D eigenvalue weighted by Gasteiger charge is 2.45. The van der Waals surface area contributed by atoms with E-state index in [1.165, 1.54) is 18.1 Å². The summed E-state index contributed by atoms with van der Waals surface area (Å²) in [6, 6.07) is 14.9. The number of carbonyl (C=O) groups is 3. The topological polar surface area (TPSA) is 69.7 Å². The van der Waals surface area contributed by atoms with Crippen molar-refractivity contribution in [2.24, 2.45) is 11.8 Å². The lowest BCUT2D eigenvalue weighted by molar-refractivity contribution is -0.152. The fraction of sp³-hybridized carbons (Fsp3) is 0.444. The summed E-state index contributed by atoms with van der Waals surface area (Å²) in [7, 11) is 1.73. The molecule has 2 atom stereocenters. The lowest BCUT2D eigenvalue weighted by Gasteiger charge is -2.41. The van der Waals surface area contributed by atoms with Gasteiger partial charge in [0, 0.05) is 26.2 Å². The second-order valence-corrected chi connectivity index (χ2v) is 9.78. The first-order valence-corrected chi connectivity index (χ1v) is 11.8. The quantitative estimate of drug-likeness (QED) is 0.739. The van der Waals surface area contributed by atoms with Crippen molar-refractivity contribution < 1.29 is 14.4 Å². The van der Waals surface area contributed by atoms with Crippen molar-refractivity contribution in [1.82, 2.24) is 10.2 Å². The summed E-state index contributed by atoms with van der Waals surface area (Å²) >= 11 is 0. The van der Waals surface area contributed by atoms with Crippen LogP contribution in [-0.2, 0) is 33.8 Å². The van der Waals surface area contributed by atoms with Gasteiger partial charge in [0.2, 0.25) is 17.7 Å². The molecule has 2 aromatic carbocycles. The maximum Gasteiger partial charge on any atom is 0.246 e. The van der Waals surface area contributed by atoms with Crippen LogP contribution in [0.25, 0.3) is 0 Å². The van der Waals surface area contributed by atoms with Gasteiger partial charge in [0.25, 0.3) is 0 Å². The van der Waals surface area contributed by atoms with E-state index >= 15 is 0 Å². The Balaban J connectivity index is 1.60. The van der Waals surface area contributed by atoms with Gasteiger partial charge in [-0.1, -0.05) is 50.2 Å². The Labute approximate surface area is 196 Å². The molecule has 1 N–H and O–H groups in total. The fourth-order valence-corrected chi connectivity index (χ4v) is 5.04. The summed E-state index contributed by atoms with van der Waals surface area (Å²) in [5, 5.41) is 3.08. The molecule has 2 aliphatic rings. The first-order chi connectivity index (χ1) is 15.7. The number of piperazine rings is 1. The van der Waals surface area contributed by atoms with Crippen molar-refractivity contribution in [3.8, 4) is 0 Å². The van der Waals surface area contributed by atoms with Crippen molar-refractivity contribution in [3.05, 3.63) is 65.2 Å². The van der Waals surface area contributed by atoms with Crippen LogP contribution < -0.4 is 10.2 Å². The normalized spacial score (nSPS) is 20.7. The molecule has 4 rings (SSSR count). The Kier molecular flexibility index (Phi) is 6.54. The van der Waals surface area contributed by atoms with E-state index in [1.807, 2.05) is 36.4 Å². The molecule has 1 aliphatic carbocycles. The van der Waals surface area contributed by atoms with Crippen LogP contribution in [0.3, 0.4) is 0 Å². The first-order valence-electron chi connectivity index (χ1n) is 11.8. The zero-order valence-corrected chi connectivity index (χ0v) is 19.9. The van der Waals surface area contributed by atoms with E-state index in [1.54, 1.807) is 16.8 Å². The van der Waals surface area contributed by atoms with Crippen LogP contribution in [-0.4, -0.2) is 41.8 Å². The highest BCUT2D eigenvalue weighted by Crippen LogP contribution is 2.32. The summed E-state index contributed by atoms with van der Waals surface area (Å²) in [5.41, 5.74) is 4.21. The summed E-state index contributed by atoms with van der Waals surface area (Å²) in [5.74, 6) is 0.207. The Morgan fingerprint density at radius 1 is 1.09 bits per heavy atom. The Bertz CT molecular complexity index is 1040. The van der Waals surface area contributed by atoms with Crippen molar-refractivity contribution in [1.29, 1.82) is 0 Å². The molecule has 6 heteroatoms. The molecular weight excluding hydrogens is 414 g/mol. The number of hydrogen-bond donors (Lipinski definition) is 1. The van der Waals surface area contributed by atoms with Crippen LogP contribution in [0, 0.1) is 11.8 Å². The van der Waals surface area contributed by atoms with E-state index in [-0.39, 0.29) is 29.6 Å². The van der Waals surface area contributed by atoms with Gasteiger partial charge in [0.15, 0.2) is 0 Å². The Hall–Kier alpha value is -3.15. The smallest absolute Gasteiger partial charge is 0.246 e. The summed E-state index contributed by atoms with van der Waals surface area (Å²) < 4.78 is 0. The average molecular weight is 448 g/mol. The number of nitrogens with zero attached hydrogens (tertiary/aromatic N) is 2. The predicted octanol–water partition coefficient (Wildman–Crippen LogP) is 3.33. The zero-order chi connectivity index (χ0) is 23.7. The van der Waals surface area contributed by atoms with Crippen molar-refractivity contribution >= 4 is 23.4 Å². The molecule has 6 nitrogen and oxygen atoms in total. The van der Waals surface area contributed by atoms with E-state index in [0.717, 1.165) is 24.1 Å². The Morgan fingerprint density at radius 3 is 2.36 bits per heavy atom. The maximum absolute atomic E-state index is 13.8. The molecule has 0 aromatic heterocycles. The van der Waals surface area contributed by atoms with Crippen molar-refractivity contribution in [3.63, 3.8) is 0 Å². The van der Waals surface area contributed by atoms with Crippen LogP contribution in [0.2, 0.25) is 0 Å². The molecule has 0 radical (unpaired) electrons. The van der Waals surface area contributed by atoms with E-state index in [0.29, 0.717) is 13.0 Å².